The van der Waals surface area contributed by atoms with E-state index in [1.807, 2.05) is 6.92 Å². The minimum absolute atomic E-state index is 0.123. The molecule has 4 fully saturated rings. The predicted octanol–water partition coefficient (Wildman–Crippen LogP) is 3.13. The first kappa shape index (κ1) is 17.1. The van der Waals surface area contributed by atoms with Crippen molar-refractivity contribution in [3.05, 3.63) is 11.3 Å². The summed E-state index contributed by atoms with van der Waals surface area (Å²) in [6.45, 7) is 3.57. The summed E-state index contributed by atoms with van der Waals surface area (Å²) < 4.78 is 51.3. The van der Waals surface area contributed by atoms with Crippen LogP contribution in [0, 0.1) is 17.8 Å². The molecule has 1 spiro atoms. The van der Waals surface area contributed by atoms with E-state index in [1.54, 1.807) is 6.92 Å². The van der Waals surface area contributed by atoms with Gasteiger partial charge < -0.3 is 14.6 Å². The first-order chi connectivity index (χ1) is 11.6. The number of carbonyl (C=O) groups is 1. The van der Waals surface area contributed by atoms with Gasteiger partial charge in [0.1, 0.15) is 0 Å². The first-order valence-electron chi connectivity index (χ1n) is 8.34. The molecule has 1 N–H and O–H groups in total. The summed E-state index contributed by atoms with van der Waals surface area (Å²) in [7, 11) is 0. The van der Waals surface area contributed by atoms with Gasteiger partial charge in [-0.05, 0) is 32.1 Å². The summed E-state index contributed by atoms with van der Waals surface area (Å²) in [5.41, 5.74) is -2.17. The Hall–Kier alpha value is -1.32. The van der Waals surface area contributed by atoms with Gasteiger partial charge in [0.25, 0.3) is 0 Å². The van der Waals surface area contributed by atoms with Crippen LogP contribution in [-0.2, 0) is 24.0 Å². The average Bonchev–Trinajstić information content (AvgIpc) is 2.73. The minimum atomic E-state index is -4.93. The fourth-order valence-electron chi connectivity index (χ4n) is 4.87. The molecule has 3 saturated heterocycles. The van der Waals surface area contributed by atoms with Gasteiger partial charge in [0.2, 0.25) is 17.8 Å². The maximum Gasteiger partial charge on any atom is 0.449 e. The van der Waals surface area contributed by atoms with E-state index in [-0.39, 0.29) is 18.3 Å². The number of hydrogen-bond acceptors (Lipinski definition) is 5. The highest BCUT2D eigenvalue weighted by molar-refractivity contribution is 5.88. The van der Waals surface area contributed by atoms with Gasteiger partial charge in [-0.1, -0.05) is 6.92 Å². The van der Waals surface area contributed by atoms with Crippen LogP contribution in [0.3, 0.4) is 0 Å². The standard InChI is InChI=1S/C16H19F3O6/c1-7-3-4-9-10(12(20)21)11(16(17,18)19)22-13-15(9)8(7)5-6-14(2,23-13)24-25-15/h7-9,13H,3-6H2,1-2H3,(H,20,21)/t7-,8?,9+,13-,14+,15-/m1/s1. The van der Waals surface area contributed by atoms with Crippen molar-refractivity contribution in [3.63, 3.8) is 0 Å². The summed E-state index contributed by atoms with van der Waals surface area (Å²) in [6, 6.07) is 0. The van der Waals surface area contributed by atoms with E-state index < -0.39 is 47.1 Å². The van der Waals surface area contributed by atoms with Crippen LogP contribution in [0.2, 0.25) is 0 Å². The van der Waals surface area contributed by atoms with Crippen LogP contribution in [0.4, 0.5) is 13.2 Å². The maximum atomic E-state index is 13.5. The zero-order valence-electron chi connectivity index (χ0n) is 13.8. The molecule has 4 heterocycles. The SMILES string of the molecule is C[C@@H]1CC[C@H]2C(C(=O)O)=C(C(F)(F)F)O[C@@H]3O[C@]4(C)CCC1[C@]32OO4. The van der Waals surface area contributed by atoms with Crippen molar-refractivity contribution < 1.29 is 42.3 Å². The third-order valence-electron chi connectivity index (χ3n) is 6.02. The van der Waals surface area contributed by atoms with Crippen molar-refractivity contribution in [2.45, 2.75) is 63.4 Å². The maximum absolute atomic E-state index is 13.5. The van der Waals surface area contributed by atoms with Crippen LogP contribution in [0.5, 0.6) is 0 Å². The lowest BCUT2D eigenvalue weighted by Crippen LogP contribution is -2.67. The number of aliphatic carboxylic acids is 1. The molecular formula is C16H19F3O6. The average molecular weight is 364 g/mol. The van der Waals surface area contributed by atoms with Crippen LogP contribution in [-0.4, -0.2) is 34.9 Å². The molecule has 0 aromatic rings. The molecule has 0 amide bonds. The molecule has 9 heteroatoms. The molecule has 6 nitrogen and oxygen atoms in total. The Bertz CT molecular complexity index is 646. The summed E-state index contributed by atoms with van der Waals surface area (Å²) in [6.07, 6.45) is -4.41. The van der Waals surface area contributed by atoms with Gasteiger partial charge in [-0.2, -0.15) is 13.2 Å². The zero-order chi connectivity index (χ0) is 18.2. The molecule has 2 bridgehead atoms. The van der Waals surface area contributed by atoms with E-state index in [2.05, 4.69) is 0 Å². The number of ether oxygens (including phenoxy) is 2. The zero-order valence-corrected chi connectivity index (χ0v) is 13.8. The topological polar surface area (TPSA) is 74.2 Å². The van der Waals surface area contributed by atoms with Gasteiger partial charge in [-0.15, -0.1) is 0 Å². The monoisotopic (exact) mass is 364 g/mol. The Morgan fingerprint density at radius 2 is 1.96 bits per heavy atom. The lowest BCUT2D eigenvalue weighted by Gasteiger charge is -2.56. The van der Waals surface area contributed by atoms with Crippen molar-refractivity contribution in [1.29, 1.82) is 0 Å². The third kappa shape index (κ3) is 2.25. The molecule has 1 aliphatic carbocycles. The lowest BCUT2D eigenvalue weighted by molar-refractivity contribution is -0.557. The van der Waals surface area contributed by atoms with Gasteiger partial charge >= 0.3 is 12.1 Å². The van der Waals surface area contributed by atoms with Gasteiger partial charge in [-0.25, -0.2) is 14.6 Å². The highest BCUT2D eigenvalue weighted by Gasteiger charge is 2.71. The Morgan fingerprint density at radius 1 is 1.24 bits per heavy atom. The summed E-state index contributed by atoms with van der Waals surface area (Å²) >= 11 is 0. The second-order valence-corrected chi connectivity index (χ2v) is 7.52. The Balaban J connectivity index is 1.92. The van der Waals surface area contributed by atoms with Crippen LogP contribution in [0.15, 0.2) is 11.3 Å². The Labute approximate surface area is 141 Å². The van der Waals surface area contributed by atoms with Gasteiger partial charge in [-0.3, -0.25) is 0 Å². The molecule has 5 rings (SSSR count). The number of carboxylic acid groups (broad SMARTS) is 1. The molecule has 1 unspecified atom stereocenters. The van der Waals surface area contributed by atoms with Crippen molar-refractivity contribution in [3.8, 4) is 0 Å². The summed E-state index contributed by atoms with van der Waals surface area (Å²) in [4.78, 5) is 22.8. The summed E-state index contributed by atoms with van der Waals surface area (Å²) in [5, 5.41) is 9.51. The molecule has 1 saturated carbocycles. The number of alkyl halides is 3. The number of fused-ring (bicyclic) bond motifs is 2. The van der Waals surface area contributed by atoms with Crippen LogP contribution >= 0.6 is 0 Å². The van der Waals surface area contributed by atoms with Crippen LogP contribution < -0.4 is 0 Å². The van der Waals surface area contributed by atoms with E-state index in [9.17, 15) is 23.1 Å². The quantitative estimate of drug-likeness (QED) is 0.721. The molecule has 0 radical (unpaired) electrons. The number of halogens is 3. The van der Waals surface area contributed by atoms with Gasteiger partial charge in [0.15, 0.2) is 5.60 Å². The normalized spacial score (nSPS) is 46.3. The second kappa shape index (κ2) is 5.11. The molecule has 5 aliphatic rings. The fraction of sp³-hybridized carbons (Fsp3) is 0.812. The smallest absolute Gasteiger partial charge is 0.449 e. The highest BCUT2D eigenvalue weighted by atomic mass is 19.4. The van der Waals surface area contributed by atoms with Gasteiger partial charge in [0.05, 0.1) is 5.57 Å². The Morgan fingerprint density at radius 3 is 2.60 bits per heavy atom. The second-order valence-electron chi connectivity index (χ2n) is 7.52. The molecule has 4 aliphatic heterocycles. The number of allylic oxidation sites excluding steroid dienone is 1. The van der Waals surface area contributed by atoms with E-state index in [0.717, 1.165) is 0 Å². The molecule has 6 atom stereocenters. The summed E-state index contributed by atoms with van der Waals surface area (Å²) in [5.74, 6) is -5.46. The molecule has 0 aromatic carbocycles. The molecule has 25 heavy (non-hydrogen) atoms. The van der Waals surface area contributed by atoms with E-state index >= 15 is 0 Å². The minimum Gasteiger partial charge on any atom is -0.478 e. The van der Waals surface area contributed by atoms with Gasteiger partial charge in [0, 0.05) is 18.3 Å². The lowest BCUT2D eigenvalue weighted by atomic mass is 9.59. The van der Waals surface area contributed by atoms with Crippen molar-refractivity contribution in [2.75, 3.05) is 0 Å². The van der Waals surface area contributed by atoms with E-state index in [4.69, 9.17) is 19.2 Å². The highest BCUT2D eigenvalue weighted by Crippen LogP contribution is 2.61. The third-order valence-corrected chi connectivity index (χ3v) is 6.02. The van der Waals surface area contributed by atoms with Crippen LogP contribution in [0.1, 0.15) is 39.5 Å². The van der Waals surface area contributed by atoms with E-state index in [0.29, 0.717) is 19.3 Å². The molecular weight excluding hydrogens is 345 g/mol. The number of carboxylic acids is 1. The first-order valence-corrected chi connectivity index (χ1v) is 8.34. The van der Waals surface area contributed by atoms with Crippen LogP contribution in [0.25, 0.3) is 0 Å². The Kier molecular flexibility index (Phi) is 3.50. The van der Waals surface area contributed by atoms with Crippen molar-refractivity contribution >= 4 is 5.97 Å². The molecule has 0 aromatic heterocycles. The van der Waals surface area contributed by atoms with Crippen molar-refractivity contribution in [1.82, 2.24) is 0 Å². The largest absolute Gasteiger partial charge is 0.478 e. The number of rotatable bonds is 1. The van der Waals surface area contributed by atoms with Crippen molar-refractivity contribution in [2.24, 2.45) is 17.8 Å². The fourth-order valence-corrected chi connectivity index (χ4v) is 4.87. The molecule has 140 valence electrons. The number of hydrogen-bond donors (Lipinski definition) is 1. The predicted molar refractivity (Wildman–Crippen MR) is 74.6 cm³/mol. The van der Waals surface area contributed by atoms with E-state index in [1.165, 1.54) is 0 Å².